The van der Waals surface area contributed by atoms with E-state index in [0.717, 1.165) is 18.7 Å². The van der Waals surface area contributed by atoms with Gasteiger partial charge in [0.05, 0.1) is 12.2 Å². The fraction of sp³-hybridized carbons (Fsp3) is 0.810. The van der Waals surface area contributed by atoms with Crippen LogP contribution >= 0.6 is 0 Å². The molecule has 0 atom stereocenters. The molecular formula is C21H39NO3. The highest BCUT2D eigenvalue weighted by molar-refractivity contribution is 5.85. The van der Waals surface area contributed by atoms with Crippen LogP contribution in [0.4, 0.5) is 0 Å². The van der Waals surface area contributed by atoms with Gasteiger partial charge in [-0.3, -0.25) is 9.59 Å². The summed E-state index contributed by atoms with van der Waals surface area (Å²) in [5, 5.41) is 3.28. The van der Waals surface area contributed by atoms with Crippen molar-refractivity contribution in [1.29, 1.82) is 0 Å². The van der Waals surface area contributed by atoms with Gasteiger partial charge in [0, 0.05) is 35.9 Å². The van der Waals surface area contributed by atoms with Gasteiger partial charge in [0.2, 0.25) is 0 Å². The van der Waals surface area contributed by atoms with Crippen LogP contribution in [0.2, 0.25) is 0 Å². The summed E-state index contributed by atoms with van der Waals surface area (Å²) in [6, 6.07) is 0. The van der Waals surface area contributed by atoms with Crippen LogP contribution in [0.3, 0.4) is 0 Å². The standard InChI is InChI=1S/C21H39NO3/c1-15(2)18(23)11-10-17(5)22-13-12-21(8,9)25-14-20(6,7)19(24)16(3)4/h15-16,22H,5,10-14H2,1-4,6-9H3. The van der Waals surface area contributed by atoms with Gasteiger partial charge in [-0.25, -0.2) is 0 Å². The number of allylic oxidation sites excluding steroid dienone is 1. The van der Waals surface area contributed by atoms with E-state index in [1.54, 1.807) is 0 Å². The lowest BCUT2D eigenvalue weighted by Gasteiger charge is -2.32. The molecule has 0 heterocycles. The van der Waals surface area contributed by atoms with Gasteiger partial charge < -0.3 is 10.1 Å². The third-order valence-corrected chi connectivity index (χ3v) is 4.43. The lowest BCUT2D eigenvalue weighted by Crippen LogP contribution is -2.38. The monoisotopic (exact) mass is 353 g/mol. The smallest absolute Gasteiger partial charge is 0.143 e. The average Bonchev–Trinajstić information content (AvgIpc) is 2.49. The molecule has 0 aliphatic rings. The lowest BCUT2D eigenvalue weighted by atomic mass is 9.83. The Morgan fingerprint density at radius 3 is 2.04 bits per heavy atom. The second kappa shape index (κ2) is 10.1. The zero-order valence-electron chi connectivity index (χ0n) is 17.6. The zero-order valence-corrected chi connectivity index (χ0v) is 17.6. The maximum Gasteiger partial charge on any atom is 0.143 e. The third kappa shape index (κ3) is 9.78. The highest BCUT2D eigenvalue weighted by Gasteiger charge is 2.32. The number of hydrogen-bond donors (Lipinski definition) is 1. The molecule has 0 saturated heterocycles. The number of Topliss-reactive ketones (excluding diaryl/α,β-unsaturated/α-hetero) is 2. The van der Waals surface area contributed by atoms with Crippen LogP contribution in [-0.4, -0.2) is 30.3 Å². The van der Waals surface area contributed by atoms with Gasteiger partial charge in [-0.2, -0.15) is 0 Å². The van der Waals surface area contributed by atoms with Crippen LogP contribution in [0.25, 0.3) is 0 Å². The molecule has 146 valence electrons. The molecule has 0 radical (unpaired) electrons. The van der Waals surface area contributed by atoms with Crippen molar-refractivity contribution in [3.63, 3.8) is 0 Å². The van der Waals surface area contributed by atoms with E-state index in [1.165, 1.54) is 0 Å². The maximum atomic E-state index is 12.2. The molecule has 0 aromatic rings. The van der Waals surface area contributed by atoms with Crippen molar-refractivity contribution in [2.45, 2.75) is 80.3 Å². The Kier molecular flexibility index (Phi) is 9.63. The number of carbonyl (C=O) groups excluding carboxylic acids is 2. The van der Waals surface area contributed by atoms with Gasteiger partial charge in [-0.1, -0.05) is 48.1 Å². The lowest BCUT2D eigenvalue weighted by molar-refractivity contribution is -0.137. The Labute approximate surface area is 154 Å². The Hall–Kier alpha value is -1.16. The van der Waals surface area contributed by atoms with Gasteiger partial charge in [-0.05, 0) is 26.7 Å². The Morgan fingerprint density at radius 2 is 1.56 bits per heavy atom. The van der Waals surface area contributed by atoms with Gasteiger partial charge in [-0.15, -0.1) is 0 Å². The fourth-order valence-electron chi connectivity index (χ4n) is 2.49. The first-order valence-electron chi connectivity index (χ1n) is 9.41. The number of nitrogens with one attached hydrogen (secondary N) is 1. The summed E-state index contributed by atoms with van der Waals surface area (Å²) >= 11 is 0. The van der Waals surface area contributed by atoms with E-state index in [1.807, 2.05) is 55.4 Å². The van der Waals surface area contributed by atoms with E-state index >= 15 is 0 Å². The summed E-state index contributed by atoms with van der Waals surface area (Å²) in [7, 11) is 0. The van der Waals surface area contributed by atoms with Crippen LogP contribution in [-0.2, 0) is 14.3 Å². The normalized spacial score (nSPS) is 12.6. The molecule has 0 spiro atoms. The molecule has 0 saturated carbocycles. The summed E-state index contributed by atoms with van der Waals surface area (Å²) in [5.41, 5.74) is 0.0926. The minimum Gasteiger partial charge on any atom is -0.389 e. The maximum absolute atomic E-state index is 12.2. The fourth-order valence-corrected chi connectivity index (χ4v) is 2.49. The van der Waals surface area contributed by atoms with E-state index in [4.69, 9.17) is 4.74 Å². The van der Waals surface area contributed by atoms with Crippen molar-refractivity contribution in [3.8, 4) is 0 Å². The topological polar surface area (TPSA) is 55.4 Å². The summed E-state index contributed by atoms with van der Waals surface area (Å²) in [5.74, 6) is 0.588. The Balaban J connectivity index is 4.22. The van der Waals surface area contributed by atoms with Crippen LogP contribution in [0.1, 0.15) is 74.7 Å². The third-order valence-electron chi connectivity index (χ3n) is 4.43. The minimum atomic E-state index is -0.473. The highest BCUT2D eigenvalue weighted by Crippen LogP contribution is 2.25. The molecule has 25 heavy (non-hydrogen) atoms. The Morgan fingerprint density at radius 1 is 1.00 bits per heavy atom. The summed E-state index contributed by atoms with van der Waals surface area (Å²) < 4.78 is 6.03. The molecular weight excluding hydrogens is 314 g/mol. The summed E-state index contributed by atoms with van der Waals surface area (Å²) in [6.45, 7) is 20.8. The molecule has 0 aromatic heterocycles. The predicted octanol–water partition coefficient (Wildman–Crippen LogP) is 4.53. The van der Waals surface area contributed by atoms with Crippen molar-refractivity contribution < 1.29 is 14.3 Å². The van der Waals surface area contributed by atoms with E-state index in [2.05, 4.69) is 11.9 Å². The minimum absolute atomic E-state index is 0.0141. The van der Waals surface area contributed by atoms with Crippen molar-refractivity contribution in [3.05, 3.63) is 12.3 Å². The largest absolute Gasteiger partial charge is 0.389 e. The van der Waals surface area contributed by atoms with E-state index in [9.17, 15) is 9.59 Å². The molecule has 0 unspecified atom stereocenters. The van der Waals surface area contributed by atoms with Crippen LogP contribution in [0.15, 0.2) is 12.3 Å². The second-order valence-corrected chi connectivity index (χ2v) is 8.85. The number of rotatable bonds is 13. The number of ether oxygens (including phenoxy) is 1. The van der Waals surface area contributed by atoms with Crippen LogP contribution in [0.5, 0.6) is 0 Å². The SMILES string of the molecule is C=C(CCC(=O)C(C)C)NCCC(C)(C)OCC(C)(C)C(=O)C(C)C. The van der Waals surface area contributed by atoms with Crippen molar-refractivity contribution >= 4 is 11.6 Å². The van der Waals surface area contributed by atoms with Gasteiger partial charge in [0.25, 0.3) is 0 Å². The van der Waals surface area contributed by atoms with Crippen molar-refractivity contribution in [2.75, 3.05) is 13.2 Å². The molecule has 0 fully saturated rings. The molecule has 0 aliphatic carbocycles. The zero-order chi connectivity index (χ0) is 19.8. The summed E-state index contributed by atoms with van der Waals surface area (Å²) in [6.07, 6.45) is 2.01. The molecule has 0 amide bonds. The first-order valence-corrected chi connectivity index (χ1v) is 9.41. The molecule has 0 bridgehead atoms. The van der Waals surface area contributed by atoms with Gasteiger partial charge in [0.1, 0.15) is 11.6 Å². The predicted molar refractivity (Wildman–Crippen MR) is 104 cm³/mol. The van der Waals surface area contributed by atoms with E-state index < -0.39 is 5.41 Å². The molecule has 0 aliphatic heterocycles. The van der Waals surface area contributed by atoms with Gasteiger partial charge >= 0.3 is 0 Å². The van der Waals surface area contributed by atoms with Gasteiger partial charge in [0.15, 0.2) is 0 Å². The molecule has 0 rings (SSSR count). The van der Waals surface area contributed by atoms with Crippen LogP contribution in [0, 0.1) is 17.3 Å². The van der Waals surface area contributed by atoms with Crippen molar-refractivity contribution in [1.82, 2.24) is 5.32 Å². The number of hydrogen-bond acceptors (Lipinski definition) is 4. The second-order valence-electron chi connectivity index (χ2n) is 8.85. The quantitative estimate of drug-likeness (QED) is 0.528. The first-order chi connectivity index (χ1) is 11.3. The first kappa shape index (κ1) is 23.8. The molecule has 1 N–H and O–H groups in total. The number of carbonyl (C=O) groups is 2. The highest BCUT2D eigenvalue weighted by atomic mass is 16.5. The molecule has 0 aromatic carbocycles. The molecule has 4 nitrogen and oxygen atoms in total. The van der Waals surface area contributed by atoms with Crippen molar-refractivity contribution in [2.24, 2.45) is 17.3 Å². The van der Waals surface area contributed by atoms with Crippen LogP contribution < -0.4 is 5.32 Å². The molecule has 4 heteroatoms. The average molecular weight is 354 g/mol. The number of ketones is 2. The van der Waals surface area contributed by atoms with E-state index in [0.29, 0.717) is 19.4 Å². The Bertz CT molecular complexity index is 462. The summed E-state index contributed by atoms with van der Waals surface area (Å²) in [4.78, 5) is 23.9. The van der Waals surface area contributed by atoms with E-state index in [-0.39, 0.29) is 29.0 Å².